The number of hydrogen-bond donors (Lipinski definition) is 1. The highest BCUT2D eigenvalue weighted by Gasteiger charge is 2.13. The zero-order valence-electron chi connectivity index (χ0n) is 12.7. The predicted octanol–water partition coefficient (Wildman–Crippen LogP) is 1.87. The maximum atomic E-state index is 11.8. The standard InChI is InChI=1S/C14H23N5O/c1-5-10(3)16-13(20)7-8-19-14-11(4)17-18(6-2)12(14)9-15-19/h9-10H,5-8H2,1-4H3,(H,16,20). The molecule has 1 amide bonds. The number of carbonyl (C=O) groups is 1. The molecule has 0 aliphatic carbocycles. The van der Waals surface area contributed by atoms with E-state index in [1.54, 1.807) is 0 Å². The number of fused-ring (bicyclic) bond motifs is 1. The smallest absolute Gasteiger partial charge is 0.222 e. The second kappa shape index (κ2) is 6.07. The molecule has 0 radical (unpaired) electrons. The van der Waals surface area contributed by atoms with Gasteiger partial charge in [0.05, 0.1) is 18.4 Å². The Morgan fingerprint density at radius 3 is 2.80 bits per heavy atom. The van der Waals surface area contributed by atoms with Crippen LogP contribution in [0.5, 0.6) is 0 Å². The third-order valence-corrected chi connectivity index (χ3v) is 3.58. The van der Waals surface area contributed by atoms with Crippen molar-refractivity contribution >= 4 is 16.9 Å². The van der Waals surface area contributed by atoms with Crippen molar-refractivity contribution in [3.8, 4) is 0 Å². The molecule has 2 aromatic rings. The van der Waals surface area contributed by atoms with E-state index in [4.69, 9.17) is 0 Å². The van der Waals surface area contributed by atoms with E-state index in [1.165, 1.54) is 0 Å². The van der Waals surface area contributed by atoms with E-state index in [9.17, 15) is 4.79 Å². The Labute approximate surface area is 119 Å². The van der Waals surface area contributed by atoms with Gasteiger partial charge in [-0.25, -0.2) is 0 Å². The fourth-order valence-electron chi connectivity index (χ4n) is 2.29. The lowest BCUT2D eigenvalue weighted by atomic mass is 10.2. The highest BCUT2D eigenvalue weighted by molar-refractivity contribution is 5.78. The van der Waals surface area contributed by atoms with Crippen molar-refractivity contribution in [2.24, 2.45) is 0 Å². The maximum absolute atomic E-state index is 11.8. The van der Waals surface area contributed by atoms with E-state index in [1.807, 2.05) is 29.4 Å². The summed E-state index contributed by atoms with van der Waals surface area (Å²) in [5, 5.41) is 11.8. The number of nitrogens with zero attached hydrogens (tertiary/aromatic N) is 4. The maximum Gasteiger partial charge on any atom is 0.222 e. The molecule has 0 saturated heterocycles. The highest BCUT2D eigenvalue weighted by Crippen LogP contribution is 2.17. The SMILES string of the molecule is CCC(C)NC(=O)CCn1ncc2c1c(C)nn2CC. The lowest BCUT2D eigenvalue weighted by Gasteiger charge is -2.11. The fraction of sp³-hybridized carbons (Fsp3) is 0.643. The molecule has 2 aromatic heterocycles. The fourth-order valence-corrected chi connectivity index (χ4v) is 2.29. The van der Waals surface area contributed by atoms with Crippen LogP contribution < -0.4 is 5.32 Å². The summed E-state index contributed by atoms with van der Waals surface area (Å²) in [6, 6.07) is 0.227. The lowest BCUT2D eigenvalue weighted by molar-refractivity contribution is -0.121. The van der Waals surface area contributed by atoms with Crippen LogP contribution in [0.1, 0.15) is 39.3 Å². The molecule has 2 rings (SSSR count). The van der Waals surface area contributed by atoms with Crippen LogP contribution in [-0.4, -0.2) is 31.5 Å². The van der Waals surface area contributed by atoms with Crippen molar-refractivity contribution in [3.63, 3.8) is 0 Å². The van der Waals surface area contributed by atoms with Crippen molar-refractivity contribution in [2.75, 3.05) is 0 Å². The first-order chi connectivity index (χ1) is 9.56. The molecule has 110 valence electrons. The molecule has 1 N–H and O–H groups in total. The second-order valence-electron chi connectivity index (χ2n) is 5.13. The van der Waals surface area contributed by atoms with Crippen LogP contribution >= 0.6 is 0 Å². The van der Waals surface area contributed by atoms with Gasteiger partial charge in [-0.1, -0.05) is 6.92 Å². The van der Waals surface area contributed by atoms with Crippen LogP contribution in [0, 0.1) is 6.92 Å². The van der Waals surface area contributed by atoms with Gasteiger partial charge in [0.15, 0.2) is 0 Å². The van der Waals surface area contributed by atoms with E-state index in [0.29, 0.717) is 13.0 Å². The first-order valence-electron chi connectivity index (χ1n) is 7.25. The molecular formula is C14H23N5O. The largest absolute Gasteiger partial charge is 0.354 e. The molecule has 0 fully saturated rings. The summed E-state index contributed by atoms with van der Waals surface area (Å²) in [6.07, 6.45) is 3.21. The average molecular weight is 277 g/mol. The molecule has 20 heavy (non-hydrogen) atoms. The lowest BCUT2D eigenvalue weighted by Crippen LogP contribution is -2.32. The Balaban J connectivity index is 2.07. The summed E-state index contributed by atoms with van der Waals surface area (Å²) in [5.74, 6) is 0.0727. The van der Waals surface area contributed by atoms with Crippen LogP contribution in [0.4, 0.5) is 0 Å². The zero-order chi connectivity index (χ0) is 14.7. The molecule has 0 saturated carbocycles. The van der Waals surface area contributed by atoms with Gasteiger partial charge in [0.1, 0.15) is 11.0 Å². The van der Waals surface area contributed by atoms with Crippen LogP contribution in [0.3, 0.4) is 0 Å². The van der Waals surface area contributed by atoms with Crippen molar-refractivity contribution in [3.05, 3.63) is 11.9 Å². The van der Waals surface area contributed by atoms with Crippen molar-refractivity contribution in [2.45, 2.75) is 59.7 Å². The molecule has 0 spiro atoms. The average Bonchev–Trinajstić information content (AvgIpc) is 2.98. The summed E-state index contributed by atoms with van der Waals surface area (Å²) in [7, 11) is 0. The van der Waals surface area contributed by atoms with Gasteiger partial charge in [-0.3, -0.25) is 14.2 Å². The van der Waals surface area contributed by atoms with Crippen molar-refractivity contribution < 1.29 is 4.79 Å². The van der Waals surface area contributed by atoms with E-state index in [2.05, 4.69) is 29.4 Å². The van der Waals surface area contributed by atoms with Crippen LogP contribution in [0.2, 0.25) is 0 Å². The van der Waals surface area contributed by atoms with E-state index >= 15 is 0 Å². The monoisotopic (exact) mass is 277 g/mol. The van der Waals surface area contributed by atoms with Crippen molar-refractivity contribution in [1.82, 2.24) is 24.9 Å². The van der Waals surface area contributed by atoms with Crippen molar-refractivity contribution in [1.29, 1.82) is 0 Å². The van der Waals surface area contributed by atoms with Gasteiger partial charge in [0.2, 0.25) is 5.91 Å². The number of aryl methyl sites for hydroxylation is 3. The second-order valence-corrected chi connectivity index (χ2v) is 5.13. The summed E-state index contributed by atoms with van der Waals surface area (Å²) in [4.78, 5) is 11.8. The molecule has 0 aliphatic rings. The molecular weight excluding hydrogens is 254 g/mol. The van der Waals surface area contributed by atoms with Gasteiger partial charge in [0, 0.05) is 19.0 Å². The molecule has 0 aliphatic heterocycles. The Kier molecular flexibility index (Phi) is 4.42. The molecule has 1 atom stereocenters. The summed E-state index contributed by atoms with van der Waals surface area (Å²) >= 11 is 0. The molecule has 1 unspecified atom stereocenters. The molecule has 6 heteroatoms. The Hall–Kier alpha value is -1.85. The van der Waals surface area contributed by atoms with E-state index in [-0.39, 0.29) is 11.9 Å². The molecule has 0 bridgehead atoms. The molecule has 6 nitrogen and oxygen atoms in total. The van der Waals surface area contributed by atoms with Gasteiger partial charge in [-0.15, -0.1) is 0 Å². The van der Waals surface area contributed by atoms with Gasteiger partial charge >= 0.3 is 0 Å². The van der Waals surface area contributed by atoms with Crippen LogP contribution in [-0.2, 0) is 17.9 Å². The quantitative estimate of drug-likeness (QED) is 0.876. The topological polar surface area (TPSA) is 64.7 Å². The third kappa shape index (κ3) is 2.84. The molecule has 0 aromatic carbocycles. The van der Waals surface area contributed by atoms with E-state index in [0.717, 1.165) is 29.7 Å². The first kappa shape index (κ1) is 14.6. The Morgan fingerprint density at radius 1 is 1.40 bits per heavy atom. The number of rotatable bonds is 6. The Bertz CT molecular complexity index is 598. The summed E-state index contributed by atoms with van der Waals surface area (Å²) < 4.78 is 3.81. The minimum Gasteiger partial charge on any atom is -0.354 e. The number of hydrogen-bond acceptors (Lipinski definition) is 3. The predicted molar refractivity (Wildman–Crippen MR) is 78.4 cm³/mol. The number of aromatic nitrogens is 4. The minimum absolute atomic E-state index is 0.0727. The van der Waals surface area contributed by atoms with Gasteiger partial charge in [-0.2, -0.15) is 10.2 Å². The Morgan fingerprint density at radius 2 is 2.15 bits per heavy atom. The van der Waals surface area contributed by atoms with Gasteiger partial charge < -0.3 is 5.32 Å². The summed E-state index contributed by atoms with van der Waals surface area (Å²) in [5.41, 5.74) is 3.03. The first-order valence-corrected chi connectivity index (χ1v) is 7.25. The van der Waals surface area contributed by atoms with Gasteiger partial charge in [-0.05, 0) is 27.2 Å². The number of carbonyl (C=O) groups excluding carboxylic acids is 1. The third-order valence-electron chi connectivity index (χ3n) is 3.58. The normalized spacial score (nSPS) is 12.8. The van der Waals surface area contributed by atoms with E-state index < -0.39 is 0 Å². The van der Waals surface area contributed by atoms with Crippen LogP contribution in [0.15, 0.2) is 6.20 Å². The highest BCUT2D eigenvalue weighted by atomic mass is 16.1. The molecule has 2 heterocycles. The number of nitrogens with one attached hydrogen (secondary N) is 1. The van der Waals surface area contributed by atoms with Gasteiger partial charge in [0.25, 0.3) is 0 Å². The summed E-state index contributed by atoms with van der Waals surface area (Å²) in [6.45, 7) is 9.52. The van der Waals surface area contributed by atoms with Crippen LogP contribution in [0.25, 0.3) is 11.0 Å². The number of amides is 1. The minimum atomic E-state index is 0.0727. The zero-order valence-corrected chi connectivity index (χ0v) is 12.7.